The van der Waals surface area contributed by atoms with Gasteiger partial charge in [0, 0.05) is 10.6 Å². The molecular formula is C11H12F3NO3S2. The minimum atomic E-state index is -4.61. The van der Waals surface area contributed by atoms with E-state index in [9.17, 15) is 22.8 Å². The van der Waals surface area contributed by atoms with Crippen molar-refractivity contribution in [2.24, 2.45) is 0 Å². The van der Waals surface area contributed by atoms with E-state index < -0.39 is 31.1 Å². The number of halogens is 3. The lowest BCUT2D eigenvalue weighted by atomic mass is 10.4. The number of hydrogen-bond donors (Lipinski definition) is 1. The second-order valence-electron chi connectivity index (χ2n) is 3.83. The Hall–Kier alpha value is -1.22. The smallest absolute Gasteiger partial charge is 0.406 e. The van der Waals surface area contributed by atoms with Crippen LogP contribution in [0.1, 0.15) is 4.88 Å². The van der Waals surface area contributed by atoms with Gasteiger partial charge in [0.05, 0.1) is 5.75 Å². The Kier molecular flexibility index (Phi) is 6.34. The van der Waals surface area contributed by atoms with E-state index in [0.717, 1.165) is 16.6 Å². The minimum absolute atomic E-state index is 0.179. The number of hydrogen-bond acceptors (Lipinski definition) is 4. The molecule has 1 aromatic heterocycles. The van der Waals surface area contributed by atoms with Gasteiger partial charge in [0.15, 0.2) is 0 Å². The molecule has 1 amide bonds. The van der Waals surface area contributed by atoms with Crippen LogP contribution in [0.3, 0.4) is 0 Å². The van der Waals surface area contributed by atoms with E-state index in [-0.39, 0.29) is 5.75 Å². The number of carboxylic acids is 1. The number of carbonyl (C=O) groups excluding carboxylic acids is 1. The first kappa shape index (κ1) is 16.8. The molecule has 1 aromatic rings. The van der Waals surface area contributed by atoms with Crippen LogP contribution in [0.2, 0.25) is 0 Å². The molecule has 0 bridgehead atoms. The van der Waals surface area contributed by atoms with Crippen LogP contribution in [0.15, 0.2) is 17.5 Å². The standard InChI is InChI=1S/C11H12F3NO3S2/c12-11(13,14)7-15(4-10(17)18)9(16)6-19-5-8-2-1-3-20-8/h1-3H,4-7H2,(H,17,18). The first-order valence-corrected chi connectivity index (χ1v) is 7.48. The minimum Gasteiger partial charge on any atom is -0.480 e. The summed E-state index contributed by atoms with van der Waals surface area (Å²) in [5.74, 6) is -1.96. The van der Waals surface area contributed by atoms with E-state index in [1.165, 1.54) is 11.3 Å². The molecule has 0 saturated heterocycles. The van der Waals surface area contributed by atoms with Gasteiger partial charge in [-0.1, -0.05) is 6.07 Å². The summed E-state index contributed by atoms with van der Waals surface area (Å²) in [4.78, 5) is 23.4. The zero-order valence-corrected chi connectivity index (χ0v) is 11.9. The van der Waals surface area contributed by atoms with Crippen LogP contribution in [-0.2, 0) is 15.3 Å². The summed E-state index contributed by atoms with van der Waals surface area (Å²) in [6.45, 7) is -2.49. The van der Waals surface area contributed by atoms with E-state index in [1.54, 1.807) is 0 Å². The van der Waals surface area contributed by atoms with Crippen molar-refractivity contribution in [3.05, 3.63) is 22.4 Å². The first-order chi connectivity index (χ1) is 9.28. The maximum absolute atomic E-state index is 12.3. The predicted molar refractivity (Wildman–Crippen MR) is 70.8 cm³/mol. The van der Waals surface area contributed by atoms with Crippen LogP contribution in [0, 0.1) is 0 Å². The summed E-state index contributed by atoms with van der Waals surface area (Å²) < 4.78 is 36.8. The molecule has 0 fully saturated rings. The van der Waals surface area contributed by atoms with Gasteiger partial charge in [-0.3, -0.25) is 9.59 Å². The fourth-order valence-electron chi connectivity index (χ4n) is 1.34. The summed E-state index contributed by atoms with van der Waals surface area (Å²) in [5.41, 5.74) is 0. The Morgan fingerprint density at radius 3 is 2.60 bits per heavy atom. The molecular weight excluding hydrogens is 315 g/mol. The van der Waals surface area contributed by atoms with Gasteiger partial charge in [-0.2, -0.15) is 13.2 Å². The summed E-state index contributed by atoms with van der Waals surface area (Å²) in [5, 5.41) is 10.4. The fraction of sp³-hybridized carbons (Fsp3) is 0.455. The van der Waals surface area contributed by atoms with E-state index >= 15 is 0 Å². The number of aliphatic carboxylic acids is 1. The average Bonchev–Trinajstić information content (AvgIpc) is 2.78. The lowest BCUT2D eigenvalue weighted by molar-refractivity contribution is -0.164. The van der Waals surface area contributed by atoms with Crippen molar-refractivity contribution in [3.8, 4) is 0 Å². The van der Waals surface area contributed by atoms with Crippen LogP contribution in [-0.4, -0.2) is 46.9 Å². The lowest BCUT2D eigenvalue weighted by Gasteiger charge is -2.21. The van der Waals surface area contributed by atoms with E-state index in [1.807, 2.05) is 17.5 Å². The lowest BCUT2D eigenvalue weighted by Crippen LogP contribution is -2.42. The van der Waals surface area contributed by atoms with Gasteiger partial charge >= 0.3 is 12.1 Å². The maximum atomic E-state index is 12.3. The zero-order chi connectivity index (χ0) is 15.2. The SMILES string of the molecule is O=C(O)CN(CC(F)(F)F)C(=O)CSCc1cccs1. The molecule has 1 N–H and O–H groups in total. The van der Waals surface area contributed by atoms with Crippen LogP contribution in [0.25, 0.3) is 0 Å². The third kappa shape index (κ3) is 6.80. The number of thioether (sulfide) groups is 1. The Bertz CT molecular complexity index is 448. The molecule has 0 aliphatic rings. The molecule has 0 saturated carbocycles. The number of nitrogens with zero attached hydrogens (tertiary/aromatic N) is 1. The van der Waals surface area contributed by atoms with E-state index in [0.29, 0.717) is 10.7 Å². The number of alkyl halides is 3. The maximum Gasteiger partial charge on any atom is 0.406 e. The van der Waals surface area contributed by atoms with Crippen molar-refractivity contribution in [1.29, 1.82) is 0 Å². The Morgan fingerprint density at radius 1 is 1.40 bits per heavy atom. The molecule has 0 radical (unpaired) electrons. The third-order valence-electron chi connectivity index (χ3n) is 2.10. The van der Waals surface area contributed by atoms with Crippen molar-refractivity contribution in [2.45, 2.75) is 11.9 Å². The number of thiophene rings is 1. The van der Waals surface area contributed by atoms with Crippen LogP contribution in [0.5, 0.6) is 0 Å². The zero-order valence-electron chi connectivity index (χ0n) is 10.2. The Labute approximate surface area is 121 Å². The molecule has 1 rings (SSSR count). The molecule has 1 heterocycles. The quantitative estimate of drug-likeness (QED) is 0.836. The van der Waals surface area contributed by atoms with Crippen LogP contribution >= 0.6 is 23.1 Å². The second-order valence-corrected chi connectivity index (χ2v) is 5.85. The Balaban J connectivity index is 2.47. The summed E-state index contributed by atoms with van der Waals surface area (Å²) >= 11 is 2.64. The molecule has 0 spiro atoms. The van der Waals surface area contributed by atoms with Gasteiger partial charge in [-0.25, -0.2) is 0 Å². The molecule has 20 heavy (non-hydrogen) atoms. The highest BCUT2D eigenvalue weighted by Gasteiger charge is 2.33. The Morgan fingerprint density at radius 2 is 2.10 bits per heavy atom. The van der Waals surface area contributed by atoms with Crippen molar-refractivity contribution >= 4 is 35.0 Å². The van der Waals surface area contributed by atoms with Crippen molar-refractivity contribution in [3.63, 3.8) is 0 Å². The van der Waals surface area contributed by atoms with Gasteiger partial charge in [0.1, 0.15) is 13.1 Å². The monoisotopic (exact) mass is 327 g/mol. The van der Waals surface area contributed by atoms with Gasteiger partial charge < -0.3 is 10.0 Å². The fourth-order valence-corrected chi connectivity index (χ4v) is 3.10. The summed E-state index contributed by atoms with van der Waals surface area (Å²) in [7, 11) is 0. The molecule has 0 atom stereocenters. The number of amides is 1. The van der Waals surface area contributed by atoms with E-state index in [2.05, 4.69) is 0 Å². The molecule has 0 aliphatic carbocycles. The summed E-state index contributed by atoms with van der Waals surface area (Å²) in [6, 6.07) is 3.69. The van der Waals surface area contributed by atoms with Gasteiger partial charge in [0.25, 0.3) is 0 Å². The van der Waals surface area contributed by atoms with Gasteiger partial charge in [-0.15, -0.1) is 23.1 Å². The molecule has 0 aromatic carbocycles. The van der Waals surface area contributed by atoms with Gasteiger partial charge in [0.2, 0.25) is 5.91 Å². The molecule has 9 heteroatoms. The predicted octanol–water partition coefficient (Wildman–Crippen LogP) is 2.46. The van der Waals surface area contributed by atoms with Crippen molar-refractivity contribution < 1.29 is 27.9 Å². The van der Waals surface area contributed by atoms with Gasteiger partial charge in [-0.05, 0) is 11.4 Å². The van der Waals surface area contributed by atoms with E-state index in [4.69, 9.17) is 5.11 Å². The highest BCUT2D eigenvalue weighted by Crippen LogP contribution is 2.19. The van der Waals surface area contributed by atoms with Crippen molar-refractivity contribution in [1.82, 2.24) is 4.90 Å². The second kappa shape index (κ2) is 7.53. The largest absolute Gasteiger partial charge is 0.480 e. The molecule has 0 unspecified atom stereocenters. The normalized spacial score (nSPS) is 11.3. The number of rotatable bonds is 7. The van der Waals surface area contributed by atoms with Crippen molar-refractivity contribution in [2.75, 3.05) is 18.8 Å². The molecule has 112 valence electrons. The molecule has 0 aliphatic heterocycles. The number of carbonyl (C=O) groups is 2. The average molecular weight is 327 g/mol. The number of carboxylic acid groups (broad SMARTS) is 1. The van der Waals surface area contributed by atoms with Crippen LogP contribution < -0.4 is 0 Å². The highest BCUT2D eigenvalue weighted by molar-refractivity contribution is 7.99. The molecule has 4 nitrogen and oxygen atoms in total. The highest BCUT2D eigenvalue weighted by atomic mass is 32.2. The first-order valence-electron chi connectivity index (χ1n) is 5.44. The topological polar surface area (TPSA) is 57.6 Å². The summed E-state index contributed by atoms with van der Waals surface area (Å²) in [6.07, 6.45) is -4.61. The van der Waals surface area contributed by atoms with Crippen LogP contribution in [0.4, 0.5) is 13.2 Å². The third-order valence-corrected chi connectivity index (χ3v) is 4.12.